The van der Waals surface area contributed by atoms with Crippen LogP contribution in [0.1, 0.15) is 96.8 Å². The number of fused-ring (bicyclic) bond motifs is 1. The van der Waals surface area contributed by atoms with Crippen molar-refractivity contribution in [3.8, 4) is 40.1 Å². The fraction of sp³-hybridized carbons (Fsp3) is 0.516. The molecule has 11 nitrogen and oxygen atoms in total. The second kappa shape index (κ2) is 21.2. The Hall–Kier alpha value is -1.60. The van der Waals surface area contributed by atoms with Gasteiger partial charge in [0, 0.05) is 17.7 Å². The fourth-order valence-corrected chi connectivity index (χ4v) is 4.97. The van der Waals surface area contributed by atoms with Crippen molar-refractivity contribution in [2.75, 3.05) is 6.61 Å². The Morgan fingerprint density at radius 2 is 1.27 bits per heavy atom. The summed E-state index contributed by atoms with van der Waals surface area (Å²) < 4.78 is 20.0. The third-order valence-corrected chi connectivity index (χ3v) is 7.43. The molecule has 13 heteroatoms. The molecule has 0 aliphatic heterocycles. The molecule has 240 valence electrons. The van der Waals surface area contributed by atoms with Crippen molar-refractivity contribution >= 4 is 18.8 Å². The molecule has 0 spiro atoms. The van der Waals surface area contributed by atoms with Crippen molar-refractivity contribution in [2.45, 2.75) is 96.8 Å². The first-order valence-electron chi connectivity index (χ1n) is 14.9. The van der Waals surface area contributed by atoms with E-state index in [1.165, 1.54) is 76.7 Å². The minimum absolute atomic E-state index is 0. The summed E-state index contributed by atoms with van der Waals surface area (Å²) in [7, 11) is -4.50. The fourth-order valence-electron chi connectivity index (χ4n) is 4.61. The smallest absolute Gasteiger partial charge is 0.756 e. The quantitative estimate of drug-likeness (QED) is 0.0529. The molecule has 0 saturated heterocycles. The zero-order valence-corrected chi connectivity index (χ0v) is 29.7. The minimum atomic E-state index is -4.50. The molecule has 44 heavy (non-hydrogen) atoms. The van der Waals surface area contributed by atoms with Crippen molar-refractivity contribution in [1.29, 1.82) is 0 Å². The van der Waals surface area contributed by atoms with Crippen LogP contribution in [-0.2, 0) is 9.09 Å². The van der Waals surface area contributed by atoms with E-state index in [4.69, 9.17) is 9.31 Å². The number of benzene rings is 2. The molecule has 0 amide bonds. The van der Waals surface area contributed by atoms with Gasteiger partial charge in [0.25, 0.3) is 7.82 Å². The Bertz CT molecular complexity index is 1390. The molecule has 2 aromatic carbocycles. The van der Waals surface area contributed by atoms with Gasteiger partial charge in [0.2, 0.25) is 11.2 Å². The molecule has 3 aromatic rings. The van der Waals surface area contributed by atoms with E-state index in [2.05, 4.69) is 11.4 Å². The first-order chi connectivity index (χ1) is 20.4. The van der Waals surface area contributed by atoms with Gasteiger partial charge >= 0.3 is 51.4 Å². The summed E-state index contributed by atoms with van der Waals surface area (Å²) in [6.45, 7) is 2.36. The number of phenols is 4. The summed E-state index contributed by atoms with van der Waals surface area (Å²) in [5.74, 6) is -2.71. The number of aromatic hydroxyl groups is 5. The van der Waals surface area contributed by atoms with Crippen LogP contribution < -0.4 is 61.7 Å². The Morgan fingerprint density at radius 1 is 0.750 bits per heavy atom. The number of rotatable bonds is 17. The molecular weight excluding hydrogens is 618 g/mol. The number of phosphoric acid groups is 1. The monoisotopic (exact) mass is 662 g/mol. The van der Waals surface area contributed by atoms with E-state index in [1.54, 1.807) is 0 Å². The molecule has 0 fully saturated rings. The number of hydrogen-bond acceptors (Lipinski definition) is 10. The van der Waals surface area contributed by atoms with Gasteiger partial charge in [-0.15, -0.1) is 0 Å². The van der Waals surface area contributed by atoms with Crippen LogP contribution >= 0.6 is 7.82 Å². The van der Waals surface area contributed by atoms with Gasteiger partial charge < -0.3 is 44.3 Å². The molecule has 0 aliphatic rings. The number of phosphoric ester groups is 1. The van der Waals surface area contributed by atoms with Crippen LogP contribution in [0.3, 0.4) is 0 Å². The summed E-state index contributed by atoms with van der Waals surface area (Å²) in [4.78, 5) is 30.9. The second-order valence-electron chi connectivity index (χ2n) is 10.5. The van der Waals surface area contributed by atoms with Gasteiger partial charge in [-0.2, -0.15) is 0 Å². The Kier molecular flexibility index (Phi) is 19.5. The summed E-state index contributed by atoms with van der Waals surface area (Å²) >= 11 is 0. The van der Waals surface area contributed by atoms with Crippen molar-refractivity contribution < 1.29 is 100 Å². The van der Waals surface area contributed by atoms with Crippen molar-refractivity contribution in [2.24, 2.45) is 0 Å². The molecule has 0 saturated carbocycles. The SMILES string of the molecule is CCCCCCCCCCCCCCCCOP(=O)([O-])O.O=c1c(O)c(-c2ccc(O)c(O)c2)oc2cc(O)cc(O)c12.[K+]. The normalized spacial score (nSPS) is 12.2. The standard InChI is InChI=1S/C16H35O4P.C15H10O7.K/c1-2-3-4-5-6-7-8-9-10-11-12-13-14-15-16-20-21(17,18)19;16-7-4-10(19)12-11(5-7)22-15(14(21)13(12)20)6-1-2-8(17)9(18)3-6;/h2-16H2,1H3,(H2,17,18,19);1-5,16-19,21H;/q;;+1/p-1. The second-order valence-corrected chi connectivity index (χ2v) is 11.7. The Labute approximate surface area is 300 Å². The Balaban J connectivity index is 0.000000431. The average molecular weight is 663 g/mol. The van der Waals surface area contributed by atoms with Crippen LogP contribution in [-0.4, -0.2) is 37.0 Å². The first kappa shape index (κ1) is 40.4. The minimum Gasteiger partial charge on any atom is -0.756 e. The van der Waals surface area contributed by atoms with Gasteiger partial charge in [-0.3, -0.25) is 9.36 Å². The van der Waals surface area contributed by atoms with Crippen LogP contribution in [0, 0.1) is 0 Å². The van der Waals surface area contributed by atoms with Crippen LogP contribution in [0.5, 0.6) is 28.7 Å². The third-order valence-electron chi connectivity index (χ3n) is 6.93. The molecule has 0 radical (unpaired) electrons. The largest absolute Gasteiger partial charge is 1.00 e. The van der Waals surface area contributed by atoms with Gasteiger partial charge in [-0.25, -0.2) is 0 Å². The zero-order valence-electron chi connectivity index (χ0n) is 25.7. The maximum absolute atomic E-state index is 12.1. The van der Waals surface area contributed by atoms with E-state index in [0.29, 0.717) is 6.42 Å². The van der Waals surface area contributed by atoms with Gasteiger partial charge in [-0.05, 0) is 24.6 Å². The number of hydrogen-bond donors (Lipinski definition) is 6. The number of unbranched alkanes of at least 4 members (excludes halogenated alkanes) is 13. The van der Waals surface area contributed by atoms with Crippen molar-refractivity contribution in [3.63, 3.8) is 0 Å². The van der Waals surface area contributed by atoms with Crippen LogP contribution in [0.2, 0.25) is 0 Å². The average Bonchev–Trinajstić information content (AvgIpc) is 2.94. The summed E-state index contributed by atoms with van der Waals surface area (Å²) in [5, 5.41) is 47.6. The van der Waals surface area contributed by atoms with Gasteiger partial charge in [-0.1, -0.05) is 90.4 Å². The van der Waals surface area contributed by atoms with E-state index >= 15 is 0 Å². The predicted octanol–water partition coefficient (Wildman–Crippen LogP) is 3.94. The van der Waals surface area contributed by atoms with E-state index in [1.807, 2.05) is 0 Å². The van der Waals surface area contributed by atoms with Crippen LogP contribution in [0.4, 0.5) is 0 Å². The van der Waals surface area contributed by atoms with E-state index in [-0.39, 0.29) is 91.8 Å². The predicted molar refractivity (Wildman–Crippen MR) is 162 cm³/mol. The summed E-state index contributed by atoms with van der Waals surface area (Å²) in [6.07, 6.45) is 17.6. The summed E-state index contributed by atoms with van der Waals surface area (Å²) in [6, 6.07) is 5.64. The van der Waals surface area contributed by atoms with Gasteiger partial charge in [0.1, 0.15) is 22.5 Å². The van der Waals surface area contributed by atoms with Gasteiger partial charge in [0.15, 0.2) is 17.3 Å². The van der Waals surface area contributed by atoms with E-state index in [9.17, 15) is 39.8 Å². The Morgan fingerprint density at radius 3 is 1.77 bits per heavy atom. The molecule has 1 aromatic heterocycles. The van der Waals surface area contributed by atoms with Crippen molar-refractivity contribution in [1.82, 2.24) is 0 Å². The topological polar surface area (TPSA) is 201 Å². The maximum Gasteiger partial charge on any atom is 1.00 e. The molecule has 3 rings (SSSR count). The maximum atomic E-state index is 12.1. The van der Waals surface area contributed by atoms with E-state index in [0.717, 1.165) is 37.1 Å². The van der Waals surface area contributed by atoms with E-state index < -0.39 is 30.5 Å². The molecule has 1 unspecified atom stereocenters. The summed E-state index contributed by atoms with van der Waals surface area (Å²) in [5.41, 5.74) is -0.890. The third kappa shape index (κ3) is 14.7. The van der Waals surface area contributed by atoms with Crippen LogP contribution in [0.25, 0.3) is 22.3 Å². The number of phenolic OH excluding ortho intramolecular Hbond substituents is 4. The van der Waals surface area contributed by atoms with Gasteiger partial charge in [0.05, 0.1) is 6.61 Å². The van der Waals surface area contributed by atoms with Crippen LogP contribution in [0.15, 0.2) is 39.5 Å². The molecule has 1 heterocycles. The molecule has 0 bridgehead atoms. The first-order valence-corrected chi connectivity index (χ1v) is 16.4. The van der Waals surface area contributed by atoms with Crippen molar-refractivity contribution in [3.05, 3.63) is 40.6 Å². The molecule has 1 atom stereocenters. The molecular formula is C31H44KO11P. The zero-order chi connectivity index (χ0) is 31.8. The molecule has 0 aliphatic carbocycles. The molecule has 6 N–H and O–H groups in total.